The van der Waals surface area contributed by atoms with Crippen molar-refractivity contribution in [2.24, 2.45) is 0 Å². The summed E-state index contributed by atoms with van der Waals surface area (Å²) in [5, 5.41) is 7.18. The van der Waals surface area contributed by atoms with Crippen LogP contribution in [0.25, 0.3) is 0 Å². The maximum Gasteiger partial charge on any atom is 0.346 e. The lowest BCUT2D eigenvalue weighted by Crippen LogP contribution is -2.26. The lowest BCUT2D eigenvalue weighted by atomic mass is 10.4. The van der Waals surface area contributed by atoms with Gasteiger partial charge in [-0.3, -0.25) is 10.2 Å². The van der Waals surface area contributed by atoms with E-state index >= 15 is 0 Å². The van der Waals surface area contributed by atoms with Crippen LogP contribution in [0.4, 0.5) is 0 Å². The lowest BCUT2D eigenvalue weighted by molar-refractivity contribution is -0.164. The fourth-order valence-electron chi connectivity index (χ4n) is 0.809. The van der Waals surface area contributed by atoms with E-state index in [1.807, 2.05) is 0 Å². The third kappa shape index (κ3) is 5.66. The molecule has 0 bridgehead atoms. The summed E-state index contributed by atoms with van der Waals surface area (Å²) < 4.78 is 13.8. The summed E-state index contributed by atoms with van der Waals surface area (Å²) in [7, 11) is 1.20. The van der Waals surface area contributed by atoms with E-state index in [4.69, 9.17) is 10.1 Å². The lowest BCUT2D eigenvalue weighted by Gasteiger charge is -2.11. The second-order valence-corrected chi connectivity index (χ2v) is 2.69. The number of rotatable bonds is 5. The fourth-order valence-corrected chi connectivity index (χ4v) is 0.809. The van der Waals surface area contributed by atoms with E-state index in [0.29, 0.717) is 6.61 Å². The van der Waals surface area contributed by atoms with Gasteiger partial charge >= 0.3 is 11.9 Å². The van der Waals surface area contributed by atoms with Crippen LogP contribution in [0.1, 0.15) is 20.3 Å². The largest absolute Gasteiger partial charge is 0.481 e. The number of hydrogen-bond donors (Lipinski definition) is 1. The second kappa shape index (κ2) is 6.80. The van der Waals surface area contributed by atoms with Crippen molar-refractivity contribution in [2.45, 2.75) is 26.4 Å². The molecule has 0 fully saturated rings. The van der Waals surface area contributed by atoms with Gasteiger partial charge in [-0.05, 0) is 13.8 Å². The summed E-state index contributed by atoms with van der Waals surface area (Å²) in [6.07, 6.45) is -1.24. The average molecular weight is 217 g/mol. The predicted molar refractivity (Wildman–Crippen MR) is 51.5 cm³/mol. The van der Waals surface area contributed by atoms with Gasteiger partial charge in [-0.2, -0.15) is 0 Å². The first kappa shape index (κ1) is 13.4. The molecule has 0 aromatic carbocycles. The summed E-state index contributed by atoms with van der Waals surface area (Å²) in [6, 6.07) is 0. The van der Waals surface area contributed by atoms with Gasteiger partial charge in [0.15, 0.2) is 12.0 Å². The molecule has 0 aliphatic heterocycles. The summed E-state index contributed by atoms with van der Waals surface area (Å²) >= 11 is 0. The Kier molecular flexibility index (Phi) is 6.08. The van der Waals surface area contributed by atoms with E-state index in [9.17, 15) is 9.59 Å². The third-order valence-electron chi connectivity index (χ3n) is 1.46. The molecular weight excluding hydrogens is 202 g/mol. The highest BCUT2D eigenvalue weighted by molar-refractivity contribution is 5.93. The minimum absolute atomic E-state index is 0.181. The SMILES string of the molecule is CCOC(=N)CC(=O)OC(C)C(=O)OC. The van der Waals surface area contributed by atoms with Gasteiger partial charge in [0.25, 0.3) is 0 Å². The van der Waals surface area contributed by atoms with Gasteiger partial charge in [0.1, 0.15) is 6.42 Å². The van der Waals surface area contributed by atoms with Gasteiger partial charge in [0.05, 0.1) is 13.7 Å². The summed E-state index contributed by atoms with van der Waals surface area (Å²) in [5.74, 6) is -1.50. The van der Waals surface area contributed by atoms with Gasteiger partial charge in [-0.1, -0.05) is 0 Å². The number of carbonyl (C=O) groups excluding carboxylic acids is 2. The molecule has 0 amide bonds. The van der Waals surface area contributed by atoms with Gasteiger partial charge < -0.3 is 14.2 Å². The summed E-state index contributed by atoms with van der Waals surface area (Å²) in [4.78, 5) is 22.0. The van der Waals surface area contributed by atoms with Crippen LogP contribution < -0.4 is 0 Å². The first-order valence-electron chi connectivity index (χ1n) is 4.48. The summed E-state index contributed by atoms with van der Waals surface area (Å²) in [5.41, 5.74) is 0. The van der Waals surface area contributed by atoms with Crippen molar-refractivity contribution in [1.82, 2.24) is 0 Å². The molecule has 0 aromatic rings. The van der Waals surface area contributed by atoms with Crippen molar-refractivity contribution < 1.29 is 23.8 Å². The van der Waals surface area contributed by atoms with Crippen LogP contribution in [0.2, 0.25) is 0 Å². The predicted octanol–water partition coefficient (Wildman–Crippen LogP) is 0.495. The van der Waals surface area contributed by atoms with Crippen molar-refractivity contribution in [2.75, 3.05) is 13.7 Å². The fraction of sp³-hybridized carbons (Fsp3) is 0.667. The van der Waals surface area contributed by atoms with Crippen LogP contribution in [0.5, 0.6) is 0 Å². The molecule has 0 aliphatic carbocycles. The maximum atomic E-state index is 11.1. The van der Waals surface area contributed by atoms with Crippen LogP contribution in [-0.4, -0.2) is 37.7 Å². The molecule has 0 aromatic heterocycles. The third-order valence-corrected chi connectivity index (χ3v) is 1.46. The number of ether oxygens (including phenoxy) is 3. The Morgan fingerprint density at radius 2 is 2.00 bits per heavy atom. The quantitative estimate of drug-likeness (QED) is 0.411. The van der Waals surface area contributed by atoms with Gasteiger partial charge in [0.2, 0.25) is 0 Å². The Morgan fingerprint density at radius 1 is 1.40 bits per heavy atom. The van der Waals surface area contributed by atoms with E-state index in [1.165, 1.54) is 14.0 Å². The molecule has 0 heterocycles. The van der Waals surface area contributed by atoms with Crippen LogP contribution in [0, 0.1) is 5.41 Å². The molecule has 15 heavy (non-hydrogen) atoms. The number of nitrogens with one attached hydrogen (secondary N) is 1. The molecular formula is C9H15NO5. The molecule has 1 N–H and O–H groups in total. The Balaban J connectivity index is 3.93. The molecule has 6 nitrogen and oxygen atoms in total. The number of methoxy groups -OCH3 is 1. The monoisotopic (exact) mass is 217 g/mol. The molecule has 0 saturated heterocycles. The summed E-state index contributed by atoms with van der Waals surface area (Å²) in [6.45, 7) is 3.42. The average Bonchev–Trinajstić information content (AvgIpc) is 2.16. The normalized spacial score (nSPS) is 11.4. The number of esters is 2. The second-order valence-electron chi connectivity index (χ2n) is 2.69. The molecule has 86 valence electrons. The number of hydrogen-bond acceptors (Lipinski definition) is 6. The van der Waals surface area contributed by atoms with Crippen molar-refractivity contribution in [1.29, 1.82) is 5.41 Å². The first-order chi connectivity index (χ1) is 7.01. The Labute approximate surface area is 88.0 Å². The zero-order chi connectivity index (χ0) is 11.8. The molecule has 0 rings (SSSR count). The smallest absolute Gasteiger partial charge is 0.346 e. The minimum atomic E-state index is -0.961. The van der Waals surface area contributed by atoms with E-state index in [1.54, 1.807) is 6.92 Å². The molecule has 1 atom stereocenters. The van der Waals surface area contributed by atoms with E-state index < -0.39 is 18.0 Å². The van der Waals surface area contributed by atoms with Crippen molar-refractivity contribution in [3.8, 4) is 0 Å². The van der Waals surface area contributed by atoms with Gasteiger partial charge in [-0.25, -0.2) is 4.79 Å². The molecule has 0 aliphatic rings. The Morgan fingerprint density at radius 3 is 2.47 bits per heavy atom. The van der Waals surface area contributed by atoms with E-state index in [-0.39, 0.29) is 12.3 Å². The highest BCUT2D eigenvalue weighted by Gasteiger charge is 2.19. The van der Waals surface area contributed by atoms with Crippen LogP contribution in [0.3, 0.4) is 0 Å². The highest BCUT2D eigenvalue weighted by Crippen LogP contribution is 1.98. The van der Waals surface area contributed by atoms with Crippen molar-refractivity contribution in [3.05, 3.63) is 0 Å². The molecule has 0 radical (unpaired) electrons. The van der Waals surface area contributed by atoms with Crippen LogP contribution in [0.15, 0.2) is 0 Å². The molecule has 6 heteroatoms. The van der Waals surface area contributed by atoms with Gasteiger partial charge in [0, 0.05) is 0 Å². The van der Waals surface area contributed by atoms with Crippen molar-refractivity contribution in [3.63, 3.8) is 0 Å². The highest BCUT2D eigenvalue weighted by atomic mass is 16.6. The number of carbonyl (C=O) groups is 2. The topological polar surface area (TPSA) is 85.7 Å². The molecule has 0 spiro atoms. The standard InChI is InChI=1S/C9H15NO5/c1-4-14-7(10)5-8(11)15-6(2)9(12)13-3/h6,10H,4-5H2,1-3H3. The maximum absolute atomic E-state index is 11.1. The zero-order valence-corrected chi connectivity index (χ0v) is 9.03. The minimum Gasteiger partial charge on any atom is -0.481 e. The van der Waals surface area contributed by atoms with E-state index in [2.05, 4.69) is 9.47 Å². The Bertz CT molecular complexity index is 251. The zero-order valence-electron chi connectivity index (χ0n) is 9.03. The van der Waals surface area contributed by atoms with Crippen LogP contribution >= 0.6 is 0 Å². The van der Waals surface area contributed by atoms with Crippen LogP contribution in [-0.2, 0) is 23.8 Å². The van der Waals surface area contributed by atoms with Crippen molar-refractivity contribution >= 4 is 17.8 Å². The van der Waals surface area contributed by atoms with E-state index in [0.717, 1.165) is 0 Å². The Hall–Kier alpha value is -1.59. The van der Waals surface area contributed by atoms with Gasteiger partial charge in [-0.15, -0.1) is 0 Å². The first-order valence-corrected chi connectivity index (χ1v) is 4.48. The molecule has 0 saturated carbocycles. The molecule has 1 unspecified atom stereocenters.